The van der Waals surface area contributed by atoms with Crippen molar-refractivity contribution < 1.29 is 4.79 Å². The van der Waals surface area contributed by atoms with Gasteiger partial charge in [-0.2, -0.15) is 0 Å². The number of rotatable bonds is 7. The number of Topliss-reactive ketones (excluding diaryl/α,β-unsaturated/α-hetero) is 1. The molecule has 0 fully saturated rings. The van der Waals surface area contributed by atoms with Crippen molar-refractivity contribution >= 4 is 28.4 Å². The summed E-state index contributed by atoms with van der Waals surface area (Å²) in [4.78, 5) is 30.1. The summed E-state index contributed by atoms with van der Waals surface area (Å²) in [5.74, 6) is 0.285. The first-order valence-electron chi connectivity index (χ1n) is 10.3. The number of hydrogen-bond donors (Lipinski definition) is 0. The van der Waals surface area contributed by atoms with E-state index in [9.17, 15) is 9.59 Å². The number of aryl methyl sites for hydroxylation is 2. The second kappa shape index (κ2) is 8.94. The first-order chi connectivity index (χ1) is 15.0. The Labute approximate surface area is 185 Å². The van der Waals surface area contributed by atoms with E-state index in [1.165, 1.54) is 21.9 Å². The molecule has 0 unspecified atom stereocenters. The zero-order valence-electron chi connectivity index (χ0n) is 18.0. The molecule has 6 heteroatoms. The quantitative estimate of drug-likeness (QED) is 0.244. The number of hydrogen-bond acceptors (Lipinski definition) is 4. The molecule has 5 nitrogen and oxygen atoms in total. The number of aromatic nitrogens is 3. The molecule has 0 atom stereocenters. The highest BCUT2D eigenvalue weighted by Crippen LogP contribution is 2.22. The summed E-state index contributed by atoms with van der Waals surface area (Å²) in [6.07, 6.45) is 0.919. The third kappa shape index (κ3) is 4.35. The van der Waals surface area contributed by atoms with Crippen LogP contribution in [0.4, 0.5) is 0 Å². The van der Waals surface area contributed by atoms with Crippen molar-refractivity contribution in [1.82, 2.24) is 14.1 Å². The Morgan fingerprint density at radius 3 is 2.52 bits per heavy atom. The van der Waals surface area contributed by atoms with Crippen molar-refractivity contribution in [3.63, 3.8) is 0 Å². The van der Waals surface area contributed by atoms with Crippen LogP contribution in [-0.4, -0.2) is 25.7 Å². The Hall–Kier alpha value is -3.12. The first kappa shape index (κ1) is 21.1. The van der Waals surface area contributed by atoms with Crippen LogP contribution in [0.15, 0.2) is 70.6 Å². The number of ketones is 1. The van der Waals surface area contributed by atoms with Gasteiger partial charge in [0.05, 0.1) is 16.7 Å². The lowest BCUT2D eigenvalue weighted by Crippen LogP contribution is -2.20. The van der Waals surface area contributed by atoms with Crippen LogP contribution in [0, 0.1) is 13.8 Å². The van der Waals surface area contributed by atoms with Crippen molar-refractivity contribution in [2.45, 2.75) is 32.0 Å². The van der Waals surface area contributed by atoms with E-state index < -0.39 is 0 Å². The molecule has 0 aliphatic rings. The normalized spacial score (nSPS) is 11.2. The molecule has 0 spiro atoms. The molecule has 0 saturated carbocycles. The average molecular weight is 432 g/mol. The lowest BCUT2D eigenvalue weighted by atomic mass is 10.1. The van der Waals surface area contributed by atoms with E-state index in [-0.39, 0.29) is 17.1 Å². The van der Waals surface area contributed by atoms with Crippen LogP contribution in [-0.2, 0) is 20.0 Å². The van der Waals surface area contributed by atoms with Gasteiger partial charge in [-0.15, -0.1) is 0 Å². The second-order valence-corrected chi connectivity index (χ2v) is 8.60. The zero-order valence-corrected chi connectivity index (χ0v) is 18.8. The Kier molecular flexibility index (Phi) is 6.09. The average Bonchev–Trinajstić information content (AvgIpc) is 3.07. The number of benzene rings is 2. The summed E-state index contributed by atoms with van der Waals surface area (Å²) in [5, 5.41) is 1.14. The molecular formula is C25H25N3O2S. The largest absolute Gasteiger partial charge is 0.348 e. The van der Waals surface area contributed by atoms with E-state index in [0.717, 1.165) is 29.9 Å². The molecule has 0 aliphatic heterocycles. The molecule has 0 radical (unpaired) electrons. The van der Waals surface area contributed by atoms with Gasteiger partial charge in [-0.3, -0.25) is 14.2 Å². The fourth-order valence-electron chi connectivity index (χ4n) is 3.85. The van der Waals surface area contributed by atoms with Gasteiger partial charge in [0.25, 0.3) is 5.56 Å². The minimum atomic E-state index is -0.0976. The summed E-state index contributed by atoms with van der Waals surface area (Å²) in [7, 11) is 1.70. The predicted octanol–water partition coefficient (Wildman–Crippen LogP) is 4.57. The molecule has 0 bridgehead atoms. The molecule has 0 amide bonds. The topological polar surface area (TPSA) is 56.9 Å². The van der Waals surface area contributed by atoms with Crippen LogP contribution in [0.5, 0.6) is 0 Å². The van der Waals surface area contributed by atoms with Crippen molar-refractivity contribution in [3.05, 3.63) is 93.5 Å². The summed E-state index contributed by atoms with van der Waals surface area (Å²) in [5.41, 5.74) is 4.64. The van der Waals surface area contributed by atoms with E-state index in [2.05, 4.69) is 21.7 Å². The summed E-state index contributed by atoms with van der Waals surface area (Å²) in [6, 6.07) is 19.6. The van der Waals surface area contributed by atoms with Crippen molar-refractivity contribution in [2.75, 3.05) is 5.75 Å². The van der Waals surface area contributed by atoms with Crippen LogP contribution in [0.25, 0.3) is 10.9 Å². The Balaban J connectivity index is 1.50. The third-order valence-corrected chi connectivity index (χ3v) is 6.65. The lowest BCUT2D eigenvalue weighted by molar-refractivity contribution is 0.102. The van der Waals surface area contributed by atoms with Crippen molar-refractivity contribution in [3.8, 4) is 0 Å². The van der Waals surface area contributed by atoms with Gasteiger partial charge in [-0.25, -0.2) is 4.98 Å². The zero-order chi connectivity index (χ0) is 22.0. The maximum absolute atomic E-state index is 13.0. The molecule has 0 saturated heterocycles. The van der Waals surface area contributed by atoms with Crippen LogP contribution < -0.4 is 5.56 Å². The number of para-hydroxylation sites is 1. The SMILES string of the molecule is Cc1cc(C(=O)CSc2nc3ccccc3c(=O)n2C)c(C)n1CCc1ccccc1. The maximum Gasteiger partial charge on any atom is 0.261 e. The number of carbonyl (C=O) groups is 1. The molecule has 158 valence electrons. The molecule has 31 heavy (non-hydrogen) atoms. The van der Waals surface area contributed by atoms with Crippen LogP contribution >= 0.6 is 11.8 Å². The Morgan fingerprint density at radius 1 is 1.03 bits per heavy atom. The summed E-state index contributed by atoms with van der Waals surface area (Å²) >= 11 is 1.31. The molecule has 0 N–H and O–H groups in total. The fraction of sp³-hybridized carbons (Fsp3) is 0.240. The van der Waals surface area contributed by atoms with E-state index in [1.807, 2.05) is 56.3 Å². The first-order valence-corrected chi connectivity index (χ1v) is 11.3. The molecular weight excluding hydrogens is 406 g/mol. The fourth-order valence-corrected chi connectivity index (χ4v) is 4.70. The monoisotopic (exact) mass is 431 g/mol. The van der Waals surface area contributed by atoms with Gasteiger partial charge in [0.2, 0.25) is 0 Å². The third-order valence-electron chi connectivity index (χ3n) is 5.62. The summed E-state index contributed by atoms with van der Waals surface area (Å²) < 4.78 is 3.72. The smallest absolute Gasteiger partial charge is 0.261 e. The molecule has 2 heterocycles. The van der Waals surface area contributed by atoms with Gasteiger partial charge in [0, 0.05) is 30.5 Å². The highest BCUT2D eigenvalue weighted by atomic mass is 32.2. The Bertz CT molecular complexity index is 1310. The van der Waals surface area contributed by atoms with E-state index in [0.29, 0.717) is 16.1 Å². The molecule has 0 aliphatic carbocycles. The van der Waals surface area contributed by atoms with Crippen molar-refractivity contribution in [1.29, 1.82) is 0 Å². The predicted molar refractivity (Wildman–Crippen MR) is 126 cm³/mol. The molecule has 2 aromatic carbocycles. The van der Waals surface area contributed by atoms with Crippen LogP contribution in [0.3, 0.4) is 0 Å². The Morgan fingerprint density at radius 2 is 1.74 bits per heavy atom. The number of carbonyl (C=O) groups excluding carboxylic acids is 1. The highest BCUT2D eigenvalue weighted by molar-refractivity contribution is 7.99. The van der Waals surface area contributed by atoms with Crippen molar-refractivity contribution in [2.24, 2.45) is 7.05 Å². The second-order valence-electron chi connectivity index (χ2n) is 7.66. The van der Waals surface area contributed by atoms with E-state index in [4.69, 9.17) is 0 Å². The number of fused-ring (bicyclic) bond motifs is 1. The molecule has 4 rings (SSSR count). The van der Waals surface area contributed by atoms with E-state index in [1.54, 1.807) is 13.1 Å². The van der Waals surface area contributed by atoms with Gasteiger partial charge < -0.3 is 4.57 Å². The molecule has 2 aromatic heterocycles. The summed E-state index contributed by atoms with van der Waals surface area (Å²) in [6.45, 7) is 4.87. The standard InChI is InChI=1S/C25H25N3O2S/c1-17-15-21(18(2)28(17)14-13-19-9-5-4-6-10-19)23(29)16-31-25-26-22-12-8-7-11-20(22)24(30)27(25)3/h4-12,15H,13-14,16H2,1-3H3. The minimum Gasteiger partial charge on any atom is -0.348 e. The lowest BCUT2D eigenvalue weighted by Gasteiger charge is -2.10. The van der Waals surface area contributed by atoms with E-state index >= 15 is 0 Å². The van der Waals surface area contributed by atoms with Gasteiger partial charge in [0.1, 0.15) is 0 Å². The van der Waals surface area contributed by atoms with Crippen LogP contribution in [0.1, 0.15) is 27.3 Å². The van der Waals surface area contributed by atoms with Gasteiger partial charge in [-0.1, -0.05) is 54.2 Å². The maximum atomic E-state index is 13.0. The minimum absolute atomic E-state index is 0.0477. The number of nitrogens with zero attached hydrogens (tertiary/aromatic N) is 3. The van der Waals surface area contributed by atoms with Crippen LogP contribution in [0.2, 0.25) is 0 Å². The molecule has 4 aromatic rings. The van der Waals surface area contributed by atoms with Gasteiger partial charge in [0.15, 0.2) is 10.9 Å². The van der Waals surface area contributed by atoms with Gasteiger partial charge >= 0.3 is 0 Å². The highest BCUT2D eigenvalue weighted by Gasteiger charge is 2.17. The van der Waals surface area contributed by atoms with Gasteiger partial charge in [-0.05, 0) is 44.0 Å². The number of thioether (sulfide) groups is 1.